The van der Waals surface area contributed by atoms with Gasteiger partial charge in [0.25, 0.3) is 0 Å². The first-order chi connectivity index (χ1) is 30.8. The third-order valence-electron chi connectivity index (χ3n) is 14.0. The molecule has 0 saturated carbocycles. The van der Waals surface area contributed by atoms with Gasteiger partial charge in [0.1, 0.15) is 46.0 Å². The van der Waals surface area contributed by atoms with Gasteiger partial charge in [-0.2, -0.15) is 0 Å². The molecule has 8 heteroatoms. The molecule has 6 aliphatic heterocycles. The van der Waals surface area contributed by atoms with Gasteiger partial charge < -0.3 is 28.7 Å². The van der Waals surface area contributed by atoms with Gasteiger partial charge in [-0.05, 0) is 83.6 Å². The van der Waals surface area contributed by atoms with Crippen LogP contribution >= 0.6 is 0 Å². The van der Waals surface area contributed by atoms with E-state index in [1.807, 2.05) is 0 Å². The predicted octanol–water partition coefficient (Wildman–Crippen LogP) is 9.63. The normalized spacial score (nSPS) is 16.8. The number of ether oxygens (including phenoxy) is 4. The Balaban J connectivity index is 1.10. The summed E-state index contributed by atoms with van der Waals surface area (Å²) in [6.45, 7) is 0. The molecule has 0 saturated heterocycles. The van der Waals surface area contributed by atoms with E-state index in [4.69, 9.17) is 18.9 Å². The second-order valence-corrected chi connectivity index (χ2v) is 22.2. The smallest absolute Gasteiger partial charge is 0.157 e. The Kier molecular flexibility index (Phi) is 5.75. The van der Waals surface area contributed by atoms with Gasteiger partial charge in [-0.1, -0.05) is 97.1 Å². The van der Waals surface area contributed by atoms with Crippen molar-refractivity contribution in [3.05, 3.63) is 170 Å². The lowest BCUT2D eigenvalue weighted by Crippen LogP contribution is -2.62. The SMILES string of the molecule is c1ccc(N2c3cccc4c3[SiH]3c5c(cc6ccccc6c5Oc5cc6c7c8c(cc6c2c53)Oc2c3c(cc5ccccc25)Oc2cccc(c2[SiH]38)N7c2ccccc2)O4)cc1. The van der Waals surface area contributed by atoms with Crippen molar-refractivity contribution in [2.75, 3.05) is 9.80 Å². The number of nitrogens with zero attached hydrogens (tertiary/aromatic N) is 2. The average Bonchev–Trinajstić information content (AvgIpc) is 3.32. The van der Waals surface area contributed by atoms with Crippen LogP contribution in [0, 0.1) is 0 Å². The molecule has 0 radical (unpaired) electrons. The molecule has 0 aliphatic carbocycles. The molecule has 62 heavy (non-hydrogen) atoms. The van der Waals surface area contributed by atoms with Crippen molar-refractivity contribution >= 4 is 115 Å². The van der Waals surface area contributed by atoms with Crippen molar-refractivity contribution in [2.45, 2.75) is 0 Å². The number of hydrogen-bond acceptors (Lipinski definition) is 6. The Bertz CT molecular complexity index is 3500. The fourth-order valence-electron chi connectivity index (χ4n) is 11.7. The Morgan fingerprint density at radius 1 is 0.306 bits per heavy atom. The topological polar surface area (TPSA) is 43.4 Å². The fourth-order valence-corrected chi connectivity index (χ4v) is 19.1. The van der Waals surface area contributed by atoms with E-state index in [1.54, 1.807) is 0 Å². The van der Waals surface area contributed by atoms with Crippen molar-refractivity contribution in [3.63, 3.8) is 0 Å². The molecule has 0 fully saturated rings. The maximum atomic E-state index is 7.46. The summed E-state index contributed by atoms with van der Waals surface area (Å²) in [5, 5.41) is 14.3. The molecule has 10 aromatic carbocycles. The Morgan fingerprint density at radius 2 is 0.726 bits per heavy atom. The first kappa shape index (κ1) is 32.0. The largest absolute Gasteiger partial charge is 0.457 e. The summed E-state index contributed by atoms with van der Waals surface area (Å²) < 4.78 is 28.8. The zero-order valence-corrected chi connectivity index (χ0v) is 35.2. The Morgan fingerprint density at radius 3 is 1.19 bits per heavy atom. The van der Waals surface area contributed by atoms with Gasteiger partial charge in [-0.3, -0.25) is 0 Å². The molecule has 16 rings (SSSR count). The zero-order valence-electron chi connectivity index (χ0n) is 32.8. The molecular formula is C54H30N2O4Si2. The zero-order chi connectivity index (χ0) is 39.9. The molecule has 0 bridgehead atoms. The van der Waals surface area contributed by atoms with Crippen LogP contribution < -0.4 is 59.9 Å². The van der Waals surface area contributed by atoms with E-state index in [1.165, 1.54) is 31.1 Å². The quantitative estimate of drug-likeness (QED) is 0.162. The van der Waals surface area contributed by atoms with Gasteiger partial charge in [0.15, 0.2) is 17.6 Å². The highest BCUT2D eigenvalue weighted by molar-refractivity contribution is 7.02. The van der Waals surface area contributed by atoms with E-state index in [9.17, 15) is 0 Å². The Hall–Kier alpha value is -7.79. The predicted molar refractivity (Wildman–Crippen MR) is 254 cm³/mol. The molecule has 288 valence electrons. The highest BCUT2D eigenvalue weighted by Gasteiger charge is 2.51. The lowest BCUT2D eigenvalue weighted by Gasteiger charge is -2.46. The summed E-state index contributed by atoms with van der Waals surface area (Å²) in [5.41, 5.74) is 6.80. The number of anilines is 6. The minimum Gasteiger partial charge on any atom is -0.457 e. The molecule has 0 aromatic heterocycles. The summed E-state index contributed by atoms with van der Waals surface area (Å²) in [4.78, 5) is 4.95. The van der Waals surface area contributed by atoms with Gasteiger partial charge in [-0.15, -0.1) is 0 Å². The highest BCUT2D eigenvalue weighted by atomic mass is 28.3. The summed E-state index contributed by atoms with van der Waals surface area (Å²) in [6.07, 6.45) is 0. The van der Waals surface area contributed by atoms with E-state index in [0.29, 0.717) is 0 Å². The standard InChI is InChI=1S/C54H30N2O4Si2/c1-3-15-31(16-4-1)55-37-21-11-23-39-49(37)61-51-43(59-47-33-19-9-7-13-29(33)25-41(57-39)53(47)61)28-36-35(45(51)55)27-44-52-46(36)56(32-17-5-2-6-18-32)38-22-12-24-40-50(38)62(52)54-42(58-40)26-30-14-8-10-20-34(30)48(54)60-44/h1-28,61-62H. The molecule has 0 spiro atoms. The minimum atomic E-state index is -2.22. The molecule has 0 N–H and O–H groups in total. The van der Waals surface area contributed by atoms with E-state index >= 15 is 0 Å². The molecule has 6 nitrogen and oxygen atoms in total. The summed E-state index contributed by atoms with van der Waals surface area (Å²) in [5.74, 6) is 7.37. The highest BCUT2D eigenvalue weighted by Crippen LogP contribution is 2.55. The number of fused-ring (bicyclic) bond motifs is 7. The van der Waals surface area contributed by atoms with Crippen molar-refractivity contribution in [1.29, 1.82) is 0 Å². The average molecular weight is 827 g/mol. The summed E-state index contributed by atoms with van der Waals surface area (Å²) in [7, 11) is -4.45. The molecule has 6 heterocycles. The minimum absolute atomic E-state index is 0.904. The van der Waals surface area contributed by atoms with Crippen molar-refractivity contribution in [2.24, 2.45) is 0 Å². The van der Waals surface area contributed by atoms with Crippen LogP contribution in [-0.4, -0.2) is 17.6 Å². The van der Waals surface area contributed by atoms with Crippen LogP contribution in [0.5, 0.6) is 46.0 Å². The van der Waals surface area contributed by atoms with Crippen LogP contribution in [-0.2, 0) is 0 Å². The first-order valence-corrected chi connectivity index (χ1v) is 24.7. The molecule has 0 amide bonds. The fraction of sp³-hybridized carbons (Fsp3) is 0. The van der Waals surface area contributed by atoms with Gasteiger partial charge in [0.2, 0.25) is 0 Å². The van der Waals surface area contributed by atoms with Gasteiger partial charge in [-0.25, -0.2) is 0 Å². The monoisotopic (exact) mass is 826 g/mol. The van der Waals surface area contributed by atoms with Crippen LogP contribution in [0.1, 0.15) is 0 Å². The molecule has 6 aliphatic rings. The molecular weight excluding hydrogens is 797 g/mol. The maximum absolute atomic E-state index is 7.46. The molecule has 10 aromatic rings. The third kappa shape index (κ3) is 3.79. The van der Waals surface area contributed by atoms with Gasteiger partial charge in [0, 0.05) is 75.4 Å². The van der Waals surface area contributed by atoms with Crippen LogP contribution in [0.2, 0.25) is 0 Å². The maximum Gasteiger partial charge on any atom is 0.157 e. The third-order valence-corrected chi connectivity index (χ3v) is 20.9. The number of hydrogen-bond donors (Lipinski definition) is 0. The van der Waals surface area contributed by atoms with Gasteiger partial charge >= 0.3 is 0 Å². The lowest BCUT2D eigenvalue weighted by atomic mass is 10.00. The van der Waals surface area contributed by atoms with Crippen molar-refractivity contribution in [3.8, 4) is 46.0 Å². The molecule has 2 unspecified atom stereocenters. The second-order valence-electron chi connectivity index (χ2n) is 17.0. The second kappa shape index (κ2) is 11.1. The van der Waals surface area contributed by atoms with Gasteiger partial charge in [0.05, 0.1) is 11.4 Å². The van der Waals surface area contributed by atoms with E-state index in [0.717, 1.165) is 112 Å². The van der Waals surface area contributed by atoms with Crippen molar-refractivity contribution in [1.82, 2.24) is 0 Å². The van der Waals surface area contributed by atoms with Crippen LogP contribution in [0.15, 0.2) is 170 Å². The van der Waals surface area contributed by atoms with E-state index in [2.05, 4.69) is 180 Å². The number of benzene rings is 10. The van der Waals surface area contributed by atoms with Crippen molar-refractivity contribution < 1.29 is 18.9 Å². The van der Waals surface area contributed by atoms with E-state index < -0.39 is 17.6 Å². The summed E-state index contributed by atoms with van der Waals surface area (Å²) in [6, 6.07) is 61.2. The van der Waals surface area contributed by atoms with Crippen LogP contribution in [0.4, 0.5) is 34.1 Å². The number of rotatable bonds is 2. The Labute approximate surface area is 358 Å². The molecule has 2 atom stereocenters. The number of para-hydroxylation sites is 2. The van der Waals surface area contributed by atoms with Crippen LogP contribution in [0.25, 0.3) is 32.3 Å². The van der Waals surface area contributed by atoms with E-state index in [-0.39, 0.29) is 0 Å². The summed E-state index contributed by atoms with van der Waals surface area (Å²) >= 11 is 0. The van der Waals surface area contributed by atoms with Crippen LogP contribution in [0.3, 0.4) is 0 Å². The lowest BCUT2D eigenvalue weighted by molar-refractivity contribution is 0.467. The first-order valence-electron chi connectivity index (χ1n) is 21.2.